The lowest BCUT2D eigenvalue weighted by Gasteiger charge is -2.18. The number of imide groups is 1. The third-order valence-electron chi connectivity index (χ3n) is 4.02. The molecule has 154 valence electrons. The fraction of sp³-hybridized carbons (Fsp3) is 0.300. The van der Waals surface area contributed by atoms with Crippen molar-refractivity contribution in [3.8, 4) is 0 Å². The second kappa shape index (κ2) is 9.88. The van der Waals surface area contributed by atoms with Crippen molar-refractivity contribution in [1.29, 1.82) is 0 Å². The predicted molar refractivity (Wildman–Crippen MR) is 109 cm³/mol. The number of carbonyl (C=O) groups excluding carboxylic acids is 3. The van der Waals surface area contributed by atoms with Crippen LogP contribution in [0.4, 0.5) is 4.79 Å². The van der Waals surface area contributed by atoms with E-state index in [1.54, 1.807) is 25.5 Å². The van der Waals surface area contributed by atoms with Crippen molar-refractivity contribution < 1.29 is 19.1 Å². The molecule has 29 heavy (non-hydrogen) atoms. The molecular formula is C20H23ClN4O4. The molecule has 0 aliphatic rings. The molecule has 0 aliphatic carbocycles. The van der Waals surface area contributed by atoms with Crippen LogP contribution in [0.3, 0.4) is 0 Å². The zero-order valence-electron chi connectivity index (χ0n) is 16.4. The molecule has 0 saturated carbocycles. The van der Waals surface area contributed by atoms with Crippen molar-refractivity contribution >= 4 is 35.6 Å². The van der Waals surface area contributed by atoms with Gasteiger partial charge in [0.2, 0.25) is 0 Å². The number of nitrogens with zero attached hydrogens (tertiary/aromatic N) is 2. The summed E-state index contributed by atoms with van der Waals surface area (Å²) in [5, 5.41) is 6.69. The molecule has 0 radical (unpaired) electrons. The normalized spacial score (nSPS) is 12.2. The van der Waals surface area contributed by atoms with E-state index in [9.17, 15) is 14.4 Å². The molecule has 0 spiro atoms. The van der Waals surface area contributed by atoms with Crippen LogP contribution in [-0.4, -0.2) is 33.8 Å². The first-order valence-corrected chi connectivity index (χ1v) is 9.32. The molecule has 8 nitrogen and oxygen atoms in total. The molecule has 0 aliphatic heterocycles. The lowest BCUT2D eigenvalue weighted by Crippen LogP contribution is -2.45. The van der Waals surface area contributed by atoms with Gasteiger partial charge in [-0.25, -0.2) is 14.3 Å². The molecule has 3 N–H and O–H groups in total. The average Bonchev–Trinajstić information content (AvgIpc) is 2.91. The van der Waals surface area contributed by atoms with Crippen LogP contribution in [0.1, 0.15) is 30.7 Å². The van der Waals surface area contributed by atoms with Gasteiger partial charge in [-0.05, 0) is 24.5 Å². The molecule has 1 atom stereocenters. The van der Waals surface area contributed by atoms with Gasteiger partial charge >= 0.3 is 12.0 Å². The average molecular weight is 419 g/mol. The third kappa shape index (κ3) is 6.18. The number of hydrogen-bond donors (Lipinski definition) is 2. The van der Waals surface area contributed by atoms with E-state index in [1.807, 2.05) is 35.6 Å². The molecule has 1 aromatic carbocycles. The predicted octanol–water partition coefficient (Wildman–Crippen LogP) is 2.67. The summed E-state index contributed by atoms with van der Waals surface area (Å²) in [6.45, 7) is 5.62. The standard InChI is InChI=1S/C20H23ClN4O4/c1-12(2)17(19(27)23-20(22)28)29-16(26)10-9-15-13(3)24-25(18(15)21)11-14-7-5-4-6-8-14/h4-10,12,17H,11H2,1-3H3,(H3,22,23,27,28)/b10-9+/t17-/m0/s1. The second-order valence-corrected chi connectivity index (χ2v) is 7.08. The Bertz CT molecular complexity index is 922. The van der Waals surface area contributed by atoms with Crippen LogP contribution in [0.2, 0.25) is 5.15 Å². The Morgan fingerprint density at radius 1 is 1.28 bits per heavy atom. The van der Waals surface area contributed by atoms with Gasteiger partial charge in [-0.3, -0.25) is 10.1 Å². The van der Waals surface area contributed by atoms with E-state index in [0.29, 0.717) is 23.0 Å². The number of benzene rings is 1. The Labute approximate surface area is 173 Å². The first kappa shape index (κ1) is 22.2. The van der Waals surface area contributed by atoms with Crippen LogP contribution in [0.15, 0.2) is 36.4 Å². The first-order chi connectivity index (χ1) is 13.7. The van der Waals surface area contributed by atoms with Gasteiger partial charge < -0.3 is 10.5 Å². The zero-order chi connectivity index (χ0) is 21.6. The minimum Gasteiger partial charge on any atom is -0.449 e. The number of esters is 1. The molecule has 1 heterocycles. The van der Waals surface area contributed by atoms with Crippen LogP contribution in [0.25, 0.3) is 6.08 Å². The number of amides is 3. The van der Waals surface area contributed by atoms with Gasteiger partial charge in [0, 0.05) is 11.6 Å². The van der Waals surface area contributed by atoms with E-state index in [1.165, 1.54) is 6.08 Å². The largest absolute Gasteiger partial charge is 0.449 e. The van der Waals surface area contributed by atoms with Crippen LogP contribution in [0.5, 0.6) is 0 Å². The smallest absolute Gasteiger partial charge is 0.331 e. The van der Waals surface area contributed by atoms with Crippen LogP contribution < -0.4 is 11.1 Å². The number of aryl methyl sites for hydroxylation is 1. The first-order valence-electron chi connectivity index (χ1n) is 8.94. The highest BCUT2D eigenvalue weighted by Crippen LogP contribution is 2.22. The number of aromatic nitrogens is 2. The van der Waals surface area contributed by atoms with Gasteiger partial charge in [-0.15, -0.1) is 0 Å². The topological polar surface area (TPSA) is 116 Å². The van der Waals surface area contributed by atoms with E-state index < -0.39 is 24.0 Å². The number of nitrogens with two attached hydrogens (primary N) is 1. The maximum Gasteiger partial charge on any atom is 0.331 e. The highest BCUT2D eigenvalue weighted by molar-refractivity contribution is 6.31. The second-order valence-electron chi connectivity index (χ2n) is 6.72. The van der Waals surface area contributed by atoms with Gasteiger partial charge in [0.15, 0.2) is 6.10 Å². The minimum absolute atomic E-state index is 0.356. The monoisotopic (exact) mass is 418 g/mol. The third-order valence-corrected chi connectivity index (χ3v) is 4.42. The number of nitrogens with one attached hydrogen (secondary N) is 1. The lowest BCUT2D eigenvalue weighted by atomic mass is 10.1. The van der Waals surface area contributed by atoms with Crippen molar-refractivity contribution in [1.82, 2.24) is 15.1 Å². The van der Waals surface area contributed by atoms with Crippen molar-refractivity contribution in [2.75, 3.05) is 0 Å². The van der Waals surface area contributed by atoms with E-state index in [2.05, 4.69) is 5.10 Å². The fourth-order valence-corrected chi connectivity index (χ4v) is 2.92. The molecule has 0 fully saturated rings. The summed E-state index contributed by atoms with van der Waals surface area (Å²) in [5.74, 6) is -1.89. The van der Waals surface area contributed by atoms with E-state index in [0.717, 1.165) is 11.6 Å². The maximum atomic E-state index is 12.2. The Balaban J connectivity index is 2.11. The Morgan fingerprint density at radius 3 is 2.52 bits per heavy atom. The highest BCUT2D eigenvalue weighted by Gasteiger charge is 2.26. The summed E-state index contributed by atoms with van der Waals surface area (Å²) in [6, 6.07) is 8.69. The number of rotatable bonds is 7. The summed E-state index contributed by atoms with van der Waals surface area (Å²) in [5.41, 5.74) is 7.18. The molecule has 2 rings (SSSR count). The summed E-state index contributed by atoms with van der Waals surface area (Å²) in [7, 11) is 0. The fourth-order valence-electron chi connectivity index (χ4n) is 2.62. The van der Waals surface area contributed by atoms with Gasteiger partial charge in [-0.1, -0.05) is 55.8 Å². The SMILES string of the molecule is Cc1nn(Cc2ccccc2)c(Cl)c1/C=C/C(=O)O[C@H](C(=O)NC(N)=O)C(C)C. The van der Waals surface area contributed by atoms with Gasteiger partial charge in [0.25, 0.3) is 5.91 Å². The van der Waals surface area contributed by atoms with E-state index in [-0.39, 0.29) is 5.92 Å². The van der Waals surface area contributed by atoms with Gasteiger partial charge in [0.1, 0.15) is 5.15 Å². The Morgan fingerprint density at radius 2 is 1.93 bits per heavy atom. The van der Waals surface area contributed by atoms with Gasteiger partial charge in [0.05, 0.1) is 12.2 Å². The number of carbonyl (C=O) groups is 3. The van der Waals surface area contributed by atoms with Gasteiger partial charge in [-0.2, -0.15) is 5.10 Å². The highest BCUT2D eigenvalue weighted by atomic mass is 35.5. The van der Waals surface area contributed by atoms with Crippen molar-refractivity contribution in [3.63, 3.8) is 0 Å². The summed E-state index contributed by atoms with van der Waals surface area (Å²) >= 11 is 6.41. The molecule has 0 saturated heterocycles. The van der Waals surface area contributed by atoms with E-state index >= 15 is 0 Å². The molecular weight excluding hydrogens is 396 g/mol. The number of urea groups is 1. The summed E-state index contributed by atoms with van der Waals surface area (Å²) in [4.78, 5) is 35.0. The minimum atomic E-state index is -1.16. The molecule has 1 aromatic heterocycles. The number of halogens is 1. The van der Waals surface area contributed by atoms with Crippen molar-refractivity contribution in [2.45, 2.75) is 33.4 Å². The molecule has 0 bridgehead atoms. The van der Waals surface area contributed by atoms with Crippen molar-refractivity contribution in [3.05, 3.63) is 58.4 Å². The zero-order valence-corrected chi connectivity index (χ0v) is 17.1. The summed E-state index contributed by atoms with van der Waals surface area (Å²) in [6.07, 6.45) is 1.49. The Hall–Kier alpha value is -3.13. The van der Waals surface area contributed by atoms with Crippen LogP contribution in [0, 0.1) is 12.8 Å². The van der Waals surface area contributed by atoms with Crippen molar-refractivity contribution in [2.24, 2.45) is 11.7 Å². The number of ether oxygens (including phenoxy) is 1. The molecule has 2 aromatic rings. The number of hydrogen-bond acceptors (Lipinski definition) is 5. The number of primary amides is 1. The summed E-state index contributed by atoms with van der Waals surface area (Å²) < 4.78 is 6.80. The maximum absolute atomic E-state index is 12.2. The lowest BCUT2D eigenvalue weighted by molar-refractivity contribution is -0.153. The molecule has 9 heteroatoms. The molecule has 0 unspecified atom stereocenters. The molecule has 3 amide bonds. The van der Waals surface area contributed by atoms with Crippen LogP contribution in [-0.2, 0) is 20.9 Å². The Kier molecular flexibility index (Phi) is 7.55. The quantitative estimate of drug-likeness (QED) is 0.529. The van der Waals surface area contributed by atoms with Crippen LogP contribution >= 0.6 is 11.6 Å². The van der Waals surface area contributed by atoms with E-state index in [4.69, 9.17) is 22.1 Å².